The first-order chi connectivity index (χ1) is 9.58. The lowest BCUT2D eigenvalue weighted by Gasteiger charge is -2.04. The molecule has 2 rings (SSSR count). The van der Waals surface area contributed by atoms with Gasteiger partial charge >= 0.3 is 5.97 Å². The van der Waals surface area contributed by atoms with E-state index in [0.29, 0.717) is 17.0 Å². The van der Waals surface area contributed by atoms with E-state index in [0.717, 1.165) is 0 Å². The highest BCUT2D eigenvalue weighted by Gasteiger charge is 2.09. The second-order valence-corrected chi connectivity index (χ2v) is 4.01. The Bertz CT molecular complexity index is 636. The SMILES string of the molecule is COc1cccc(C(=O)Nc2cnn(CC(=O)O)c2)c1. The van der Waals surface area contributed by atoms with Crippen molar-refractivity contribution in [2.24, 2.45) is 0 Å². The number of aromatic nitrogens is 2. The van der Waals surface area contributed by atoms with E-state index in [1.165, 1.54) is 24.2 Å². The molecule has 0 radical (unpaired) electrons. The lowest BCUT2D eigenvalue weighted by molar-refractivity contribution is -0.137. The lowest BCUT2D eigenvalue weighted by atomic mass is 10.2. The van der Waals surface area contributed by atoms with E-state index in [2.05, 4.69) is 10.4 Å². The summed E-state index contributed by atoms with van der Waals surface area (Å²) in [6, 6.07) is 6.71. The number of carbonyl (C=O) groups excluding carboxylic acids is 1. The van der Waals surface area contributed by atoms with E-state index in [4.69, 9.17) is 9.84 Å². The van der Waals surface area contributed by atoms with Gasteiger partial charge in [-0.3, -0.25) is 14.3 Å². The monoisotopic (exact) mass is 275 g/mol. The maximum Gasteiger partial charge on any atom is 0.325 e. The molecule has 7 heteroatoms. The van der Waals surface area contributed by atoms with Gasteiger partial charge in [0.1, 0.15) is 12.3 Å². The molecule has 1 aromatic carbocycles. The molecule has 0 aliphatic carbocycles. The van der Waals surface area contributed by atoms with Gasteiger partial charge in [0.25, 0.3) is 5.91 Å². The van der Waals surface area contributed by atoms with E-state index in [1.807, 2.05) is 0 Å². The van der Waals surface area contributed by atoms with Crippen molar-refractivity contribution in [3.8, 4) is 5.75 Å². The number of ether oxygens (including phenoxy) is 1. The zero-order valence-corrected chi connectivity index (χ0v) is 10.7. The van der Waals surface area contributed by atoms with Gasteiger partial charge in [-0.2, -0.15) is 5.10 Å². The van der Waals surface area contributed by atoms with E-state index in [-0.39, 0.29) is 12.5 Å². The number of rotatable bonds is 5. The topological polar surface area (TPSA) is 93.5 Å². The summed E-state index contributed by atoms with van der Waals surface area (Å²) in [7, 11) is 1.52. The second kappa shape index (κ2) is 5.87. The number of nitrogens with zero attached hydrogens (tertiary/aromatic N) is 2. The molecule has 0 atom stereocenters. The summed E-state index contributed by atoms with van der Waals surface area (Å²) in [5.74, 6) is -0.739. The molecule has 0 saturated carbocycles. The van der Waals surface area contributed by atoms with E-state index < -0.39 is 5.97 Å². The highest BCUT2D eigenvalue weighted by Crippen LogP contribution is 2.14. The minimum Gasteiger partial charge on any atom is -0.497 e. The number of amides is 1. The van der Waals surface area contributed by atoms with Crippen LogP contribution in [-0.2, 0) is 11.3 Å². The number of hydrogen-bond acceptors (Lipinski definition) is 4. The van der Waals surface area contributed by atoms with Crippen LogP contribution in [0, 0.1) is 0 Å². The fourth-order valence-electron chi connectivity index (χ4n) is 1.62. The van der Waals surface area contributed by atoms with Crippen molar-refractivity contribution >= 4 is 17.6 Å². The Morgan fingerprint density at radius 2 is 2.25 bits per heavy atom. The van der Waals surface area contributed by atoms with Gasteiger partial charge in [0.15, 0.2) is 0 Å². The third-order valence-corrected chi connectivity index (χ3v) is 2.52. The van der Waals surface area contributed by atoms with Crippen LogP contribution in [0.4, 0.5) is 5.69 Å². The highest BCUT2D eigenvalue weighted by molar-refractivity contribution is 6.04. The Morgan fingerprint density at radius 1 is 1.45 bits per heavy atom. The molecule has 0 spiro atoms. The minimum atomic E-state index is -1.00. The van der Waals surface area contributed by atoms with Crippen molar-refractivity contribution in [2.75, 3.05) is 12.4 Å². The molecule has 0 fully saturated rings. The zero-order valence-electron chi connectivity index (χ0n) is 10.7. The van der Waals surface area contributed by atoms with Gasteiger partial charge < -0.3 is 15.2 Å². The highest BCUT2D eigenvalue weighted by atomic mass is 16.5. The first-order valence-corrected chi connectivity index (χ1v) is 5.78. The van der Waals surface area contributed by atoms with Crippen molar-refractivity contribution in [1.82, 2.24) is 9.78 Å². The van der Waals surface area contributed by atoms with E-state index >= 15 is 0 Å². The molecular formula is C13H13N3O4. The third-order valence-electron chi connectivity index (χ3n) is 2.52. The number of anilines is 1. The Balaban J connectivity index is 2.07. The molecule has 2 aromatic rings. The molecule has 0 unspecified atom stereocenters. The molecule has 0 bridgehead atoms. The number of carboxylic acid groups (broad SMARTS) is 1. The zero-order chi connectivity index (χ0) is 14.5. The van der Waals surface area contributed by atoms with E-state index in [9.17, 15) is 9.59 Å². The molecule has 7 nitrogen and oxygen atoms in total. The molecule has 1 heterocycles. The summed E-state index contributed by atoms with van der Waals surface area (Å²) in [6.07, 6.45) is 2.84. The maximum atomic E-state index is 12.0. The Morgan fingerprint density at radius 3 is 2.95 bits per heavy atom. The molecule has 0 aliphatic heterocycles. The summed E-state index contributed by atoms with van der Waals surface area (Å²) in [6.45, 7) is -0.255. The first-order valence-electron chi connectivity index (χ1n) is 5.78. The minimum absolute atomic E-state index is 0.255. The van der Waals surface area contributed by atoms with Crippen LogP contribution in [0.2, 0.25) is 0 Å². The first kappa shape index (κ1) is 13.6. The Hall–Kier alpha value is -2.83. The normalized spacial score (nSPS) is 10.1. The largest absolute Gasteiger partial charge is 0.497 e. The summed E-state index contributed by atoms with van der Waals surface area (Å²) in [4.78, 5) is 22.5. The van der Waals surface area contributed by atoms with Crippen molar-refractivity contribution in [3.63, 3.8) is 0 Å². The van der Waals surface area contributed by atoms with Crippen LogP contribution in [-0.4, -0.2) is 33.9 Å². The number of carbonyl (C=O) groups is 2. The molecule has 1 aromatic heterocycles. The molecule has 1 amide bonds. The lowest BCUT2D eigenvalue weighted by Crippen LogP contribution is -2.12. The second-order valence-electron chi connectivity index (χ2n) is 4.01. The average Bonchev–Trinajstić information content (AvgIpc) is 2.85. The van der Waals surface area contributed by atoms with Crippen LogP contribution in [0.5, 0.6) is 5.75 Å². The van der Waals surface area contributed by atoms with Gasteiger partial charge in [-0.15, -0.1) is 0 Å². The van der Waals surface area contributed by atoms with Gasteiger partial charge in [-0.25, -0.2) is 0 Å². The average molecular weight is 275 g/mol. The summed E-state index contributed by atoms with van der Waals surface area (Å²) in [5.41, 5.74) is 0.870. The molecule has 20 heavy (non-hydrogen) atoms. The van der Waals surface area contributed by atoms with Gasteiger partial charge in [0.2, 0.25) is 0 Å². The van der Waals surface area contributed by atoms with Gasteiger partial charge in [-0.1, -0.05) is 6.07 Å². The number of hydrogen-bond donors (Lipinski definition) is 2. The smallest absolute Gasteiger partial charge is 0.325 e. The van der Waals surface area contributed by atoms with Crippen molar-refractivity contribution in [3.05, 3.63) is 42.2 Å². The van der Waals surface area contributed by atoms with Crippen LogP contribution < -0.4 is 10.1 Å². The van der Waals surface area contributed by atoms with Crippen molar-refractivity contribution in [2.45, 2.75) is 6.54 Å². The van der Waals surface area contributed by atoms with Crippen LogP contribution >= 0.6 is 0 Å². The molecule has 2 N–H and O–H groups in total. The quantitative estimate of drug-likeness (QED) is 0.856. The number of carboxylic acids is 1. The molecule has 104 valence electrons. The summed E-state index contributed by atoms with van der Waals surface area (Å²) >= 11 is 0. The van der Waals surface area contributed by atoms with Crippen molar-refractivity contribution < 1.29 is 19.4 Å². The molecular weight excluding hydrogens is 262 g/mol. The predicted molar refractivity (Wildman–Crippen MR) is 70.8 cm³/mol. The van der Waals surface area contributed by atoms with Crippen LogP contribution in [0.3, 0.4) is 0 Å². The van der Waals surface area contributed by atoms with Gasteiger partial charge in [-0.05, 0) is 18.2 Å². The maximum absolute atomic E-state index is 12.0. The number of aliphatic carboxylic acids is 1. The molecule has 0 aliphatic rings. The van der Waals surface area contributed by atoms with Crippen LogP contribution in [0.15, 0.2) is 36.7 Å². The fraction of sp³-hybridized carbons (Fsp3) is 0.154. The van der Waals surface area contributed by atoms with Crippen LogP contribution in [0.1, 0.15) is 10.4 Å². The van der Waals surface area contributed by atoms with Gasteiger partial charge in [0.05, 0.1) is 19.0 Å². The number of nitrogens with one attached hydrogen (secondary N) is 1. The van der Waals surface area contributed by atoms with Gasteiger partial charge in [0, 0.05) is 11.8 Å². The van der Waals surface area contributed by atoms with Crippen LogP contribution in [0.25, 0.3) is 0 Å². The summed E-state index contributed by atoms with van der Waals surface area (Å²) < 4.78 is 6.27. The van der Waals surface area contributed by atoms with Crippen molar-refractivity contribution in [1.29, 1.82) is 0 Å². The number of benzene rings is 1. The standard InChI is InChI=1S/C13H13N3O4/c1-20-11-4-2-3-9(5-11)13(19)15-10-6-14-16(7-10)8-12(17)18/h2-7H,8H2,1H3,(H,15,19)(H,17,18). The summed E-state index contributed by atoms with van der Waals surface area (Å²) in [5, 5.41) is 15.1. The fourth-order valence-corrected chi connectivity index (χ4v) is 1.62. The predicted octanol–water partition coefficient (Wildman–Crippen LogP) is 1.23. The number of methoxy groups -OCH3 is 1. The Kier molecular flexibility index (Phi) is 3.99. The molecule has 0 saturated heterocycles. The Labute approximate surface area is 114 Å². The van der Waals surface area contributed by atoms with E-state index in [1.54, 1.807) is 24.3 Å². The third kappa shape index (κ3) is 3.35.